The first-order valence-corrected chi connectivity index (χ1v) is 5.90. The van der Waals surface area contributed by atoms with E-state index in [0.717, 1.165) is 25.9 Å². The maximum absolute atomic E-state index is 13.5. The molecule has 0 radical (unpaired) electrons. The van der Waals surface area contributed by atoms with Crippen molar-refractivity contribution in [1.29, 1.82) is 0 Å². The highest BCUT2D eigenvalue weighted by molar-refractivity contribution is 6.30. The highest BCUT2D eigenvalue weighted by Gasteiger charge is 2.14. The topological polar surface area (TPSA) is 21.3 Å². The molecule has 0 amide bonds. The van der Waals surface area contributed by atoms with Crippen molar-refractivity contribution in [2.24, 2.45) is 0 Å². The first kappa shape index (κ1) is 11.8. The van der Waals surface area contributed by atoms with Crippen LogP contribution in [-0.4, -0.2) is 19.2 Å². The lowest BCUT2D eigenvalue weighted by Gasteiger charge is -2.23. The quantitative estimate of drug-likeness (QED) is 0.882. The molecule has 1 heterocycles. The normalized spacial score (nSPS) is 17.6. The van der Waals surface area contributed by atoms with Crippen molar-refractivity contribution in [3.05, 3.63) is 34.6 Å². The van der Waals surface area contributed by atoms with E-state index in [9.17, 15) is 4.39 Å². The van der Waals surface area contributed by atoms with E-state index in [1.54, 1.807) is 18.2 Å². The van der Waals surface area contributed by atoms with Gasteiger partial charge in [-0.3, -0.25) is 0 Å². The van der Waals surface area contributed by atoms with Crippen molar-refractivity contribution in [2.75, 3.05) is 13.1 Å². The summed E-state index contributed by atoms with van der Waals surface area (Å²) in [5.74, 6) is -0.363. The third-order valence-corrected chi connectivity index (χ3v) is 3.08. The third kappa shape index (κ3) is 2.94. The van der Waals surface area contributed by atoms with Crippen molar-refractivity contribution in [2.45, 2.75) is 25.6 Å². The van der Waals surface area contributed by atoms with Gasteiger partial charge in [-0.2, -0.15) is 0 Å². The summed E-state index contributed by atoms with van der Waals surface area (Å²) in [6, 6.07) is 5.00. The monoisotopic (exact) mass is 243 g/mol. The number of nitrogens with one attached hydrogen (secondary N) is 1. The van der Waals surface area contributed by atoms with Crippen LogP contribution < -0.4 is 5.32 Å². The fourth-order valence-electron chi connectivity index (χ4n) is 1.83. The fraction of sp³-hybridized carbons (Fsp3) is 0.500. The molecule has 0 aliphatic carbocycles. The van der Waals surface area contributed by atoms with Gasteiger partial charge >= 0.3 is 0 Å². The van der Waals surface area contributed by atoms with E-state index in [4.69, 9.17) is 16.3 Å². The number of ether oxygens (including phenoxy) is 1. The maximum atomic E-state index is 13.5. The van der Waals surface area contributed by atoms with Crippen LogP contribution in [0, 0.1) is 5.82 Å². The summed E-state index contributed by atoms with van der Waals surface area (Å²) in [5.41, 5.74) is 0.533. The Morgan fingerprint density at radius 3 is 2.88 bits per heavy atom. The van der Waals surface area contributed by atoms with Crippen molar-refractivity contribution in [1.82, 2.24) is 5.32 Å². The predicted molar refractivity (Wildman–Crippen MR) is 62.1 cm³/mol. The number of benzene rings is 1. The maximum Gasteiger partial charge on any atom is 0.147 e. The number of rotatable bonds is 3. The third-order valence-electron chi connectivity index (χ3n) is 2.79. The minimum atomic E-state index is -0.363. The van der Waals surface area contributed by atoms with E-state index in [0.29, 0.717) is 12.2 Å². The highest BCUT2D eigenvalue weighted by atomic mass is 35.5. The van der Waals surface area contributed by atoms with Crippen LogP contribution in [0.2, 0.25) is 5.02 Å². The van der Waals surface area contributed by atoms with Crippen molar-refractivity contribution < 1.29 is 9.13 Å². The van der Waals surface area contributed by atoms with Crippen LogP contribution in [0.1, 0.15) is 18.4 Å². The Balaban J connectivity index is 1.91. The van der Waals surface area contributed by atoms with E-state index < -0.39 is 0 Å². The van der Waals surface area contributed by atoms with Crippen LogP contribution in [0.15, 0.2) is 18.2 Å². The zero-order valence-corrected chi connectivity index (χ0v) is 9.77. The zero-order chi connectivity index (χ0) is 11.4. The molecule has 0 aromatic heterocycles. The molecular formula is C12H15ClFNO. The second-order valence-corrected chi connectivity index (χ2v) is 4.38. The van der Waals surface area contributed by atoms with Crippen LogP contribution in [-0.2, 0) is 11.3 Å². The Bertz CT molecular complexity index is 353. The molecule has 0 bridgehead atoms. The van der Waals surface area contributed by atoms with Gasteiger partial charge in [-0.15, -0.1) is 0 Å². The van der Waals surface area contributed by atoms with Gasteiger partial charge < -0.3 is 10.1 Å². The van der Waals surface area contributed by atoms with Crippen LogP contribution in [0.25, 0.3) is 0 Å². The molecule has 1 aliphatic heterocycles. The smallest absolute Gasteiger partial charge is 0.147 e. The molecule has 1 aromatic carbocycles. The lowest BCUT2D eigenvalue weighted by molar-refractivity contribution is 0.0199. The predicted octanol–water partition coefficient (Wildman–Crippen LogP) is 2.75. The zero-order valence-electron chi connectivity index (χ0n) is 9.01. The highest BCUT2D eigenvalue weighted by Crippen LogP contribution is 2.19. The molecule has 0 spiro atoms. The largest absolute Gasteiger partial charge is 0.373 e. The van der Waals surface area contributed by atoms with E-state index in [1.807, 2.05) is 0 Å². The standard InChI is InChI=1S/C12H15ClFNO/c13-11-3-1-2-9(12(11)14)8-16-10-4-6-15-7-5-10/h1-3,10,15H,4-8H2. The van der Waals surface area contributed by atoms with Gasteiger partial charge in [-0.1, -0.05) is 23.7 Å². The Labute approximate surface area is 99.7 Å². The minimum absolute atomic E-state index is 0.159. The first-order valence-electron chi connectivity index (χ1n) is 5.52. The molecule has 1 aliphatic rings. The number of hydrogen-bond donors (Lipinski definition) is 1. The Morgan fingerprint density at radius 1 is 1.38 bits per heavy atom. The average molecular weight is 244 g/mol. The summed E-state index contributed by atoms with van der Waals surface area (Å²) >= 11 is 5.69. The Morgan fingerprint density at radius 2 is 2.12 bits per heavy atom. The Kier molecular flexibility index (Phi) is 4.16. The summed E-state index contributed by atoms with van der Waals surface area (Å²) < 4.78 is 19.2. The molecule has 2 nitrogen and oxygen atoms in total. The lowest BCUT2D eigenvalue weighted by atomic mass is 10.1. The van der Waals surface area contributed by atoms with E-state index >= 15 is 0 Å². The molecule has 4 heteroatoms. The van der Waals surface area contributed by atoms with Gasteiger partial charge in [0.1, 0.15) is 5.82 Å². The summed E-state index contributed by atoms with van der Waals surface area (Å²) in [5, 5.41) is 3.42. The van der Waals surface area contributed by atoms with E-state index in [-0.39, 0.29) is 16.9 Å². The van der Waals surface area contributed by atoms with Crippen LogP contribution in [0.4, 0.5) is 4.39 Å². The molecule has 0 unspecified atom stereocenters. The van der Waals surface area contributed by atoms with Gasteiger partial charge in [0.05, 0.1) is 17.7 Å². The van der Waals surface area contributed by atoms with Gasteiger partial charge in [-0.25, -0.2) is 4.39 Å². The van der Waals surface area contributed by atoms with E-state index in [1.165, 1.54) is 0 Å². The van der Waals surface area contributed by atoms with Crippen molar-refractivity contribution in [3.63, 3.8) is 0 Å². The first-order chi connectivity index (χ1) is 7.77. The molecule has 16 heavy (non-hydrogen) atoms. The SMILES string of the molecule is Fc1c(Cl)cccc1COC1CCNCC1. The average Bonchev–Trinajstić information content (AvgIpc) is 2.32. The van der Waals surface area contributed by atoms with Crippen molar-refractivity contribution in [3.8, 4) is 0 Å². The van der Waals surface area contributed by atoms with Gasteiger partial charge in [0, 0.05) is 5.56 Å². The van der Waals surface area contributed by atoms with Gasteiger partial charge in [0.2, 0.25) is 0 Å². The van der Waals surface area contributed by atoms with Crippen molar-refractivity contribution >= 4 is 11.6 Å². The lowest BCUT2D eigenvalue weighted by Crippen LogP contribution is -2.32. The minimum Gasteiger partial charge on any atom is -0.373 e. The van der Waals surface area contributed by atoms with Gasteiger partial charge in [-0.05, 0) is 32.0 Å². The van der Waals surface area contributed by atoms with Crippen LogP contribution >= 0.6 is 11.6 Å². The summed E-state index contributed by atoms with van der Waals surface area (Å²) in [4.78, 5) is 0. The molecule has 1 fully saturated rings. The van der Waals surface area contributed by atoms with E-state index in [2.05, 4.69) is 5.32 Å². The molecule has 0 saturated carbocycles. The molecule has 88 valence electrons. The molecule has 0 atom stereocenters. The Hall–Kier alpha value is -0.640. The molecule has 1 N–H and O–H groups in total. The molecule has 1 aromatic rings. The molecule has 2 rings (SSSR count). The molecule has 1 saturated heterocycles. The second-order valence-electron chi connectivity index (χ2n) is 3.97. The number of halogens is 2. The second kappa shape index (κ2) is 5.62. The fourth-order valence-corrected chi connectivity index (χ4v) is 2.02. The van der Waals surface area contributed by atoms with Gasteiger partial charge in [0.15, 0.2) is 0 Å². The summed E-state index contributed by atoms with van der Waals surface area (Å²) in [7, 11) is 0. The van der Waals surface area contributed by atoms with Gasteiger partial charge in [0.25, 0.3) is 0 Å². The number of piperidine rings is 1. The van der Waals surface area contributed by atoms with Crippen LogP contribution in [0.3, 0.4) is 0 Å². The molecular weight excluding hydrogens is 229 g/mol. The summed E-state index contributed by atoms with van der Waals surface area (Å²) in [6.45, 7) is 2.25. The summed E-state index contributed by atoms with van der Waals surface area (Å²) in [6.07, 6.45) is 2.21. The van der Waals surface area contributed by atoms with Crippen LogP contribution in [0.5, 0.6) is 0 Å². The number of hydrogen-bond acceptors (Lipinski definition) is 2.